The maximum absolute atomic E-state index is 11.2. The van der Waals surface area contributed by atoms with Crippen molar-refractivity contribution in [3.05, 3.63) is 28.5 Å². The van der Waals surface area contributed by atoms with E-state index in [9.17, 15) is 4.91 Å². The van der Waals surface area contributed by atoms with Gasteiger partial charge in [-0.3, -0.25) is 0 Å². The highest BCUT2D eigenvalue weighted by atomic mass is 28.3. The second kappa shape index (κ2) is 11.9. The quantitative estimate of drug-likeness (QED) is 0.375. The van der Waals surface area contributed by atoms with Crippen molar-refractivity contribution in [1.29, 1.82) is 0 Å². The van der Waals surface area contributed by atoms with E-state index in [1.54, 1.807) is 0 Å². The van der Waals surface area contributed by atoms with E-state index in [1.807, 2.05) is 18.2 Å². The molecular formula is C10H26NO3Si4+. The molecule has 0 saturated carbocycles. The molecule has 0 atom stereocenters. The molecule has 4 nitrogen and oxygen atoms in total. The van der Waals surface area contributed by atoms with Crippen molar-refractivity contribution in [2.45, 2.75) is 32.5 Å². The topological polar surface area (TPSA) is 38.5 Å². The van der Waals surface area contributed by atoms with E-state index >= 15 is 0 Å². The van der Waals surface area contributed by atoms with Gasteiger partial charge in [-0.25, -0.2) is 0 Å². The van der Waals surface area contributed by atoms with Crippen molar-refractivity contribution in [2.24, 2.45) is 0 Å². The molecule has 0 unspecified atom stereocenters. The third-order valence-electron chi connectivity index (χ3n) is 2.28. The predicted molar refractivity (Wildman–Crippen MR) is 88.9 cm³/mol. The van der Waals surface area contributed by atoms with E-state index in [2.05, 4.69) is 20.0 Å². The second-order valence-electron chi connectivity index (χ2n) is 4.35. The summed E-state index contributed by atoms with van der Waals surface area (Å²) in [6.07, 6.45) is 6.98. The Kier molecular flexibility index (Phi) is 11.8. The smallest absolute Gasteiger partial charge is 0.265 e. The molecule has 0 N–H and O–H groups in total. The molecule has 0 aliphatic carbocycles. The van der Waals surface area contributed by atoms with Gasteiger partial charge in [0.05, 0.1) is 0 Å². The highest BCUT2D eigenvalue weighted by molar-refractivity contribution is 6.58. The minimum absolute atomic E-state index is 0.0166. The van der Waals surface area contributed by atoms with Gasteiger partial charge in [0.25, 0.3) is 9.76 Å². The summed E-state index contributed by atoms with van der Waals surface area (Å²) < 4.78 is 11.7. The highest BCUT2D eigenvalue weighted by Gasteiger charge is 2.18. The molecule has 104 valence electrons. The zero-order valence-corrected chi connectivity index (χ0v) is 18.0. The number of nitrogens with zero attached hydrogens (tertiary/aromatic N) is 1. The van der Waals surface area contributed by atoms with E-state index in [-0.39, 0.29) is 9.76 Å². The molecule has 0 radical (unpaired) electrons. The van der Waals surface area contributed by atoms with Gasteiger partial charge in [-0.2, -0.15) is 0 Å². The molecule has 0 bridgehead atoms. The van der Waals surface area contributed by atoms with Crippen LogP contribution in [0, 0.1) is 4.91 Å². The summed E-state index contributed by atoms with van der Waals surface area (Å²) in [4.78, 5) is 11.2. The molecule has 1 rings (SSSR count). The van der Waals surface area contributed by atoms with Crippen molar-refractivity contribution < 1.29 is 13.0 Å². The van der Waals surface area contributed by atoms with Crippen LogP contribution < -0.4 is 0 Å². The number of rotatable bonds is 6. The Morgan fingerprint density at radius 1 is 1.56 bits per heavy atom. The van der Waals surface area contributed by atoms with E-state index < -0.39 is 18.8 Å². The number of allylic oxidation sites excluding steroid dienone is 2. The summed E-state index contributed by atoms with van der Waals surface area (Å²) in [5.41, 5.74) is 0. The first kappa shape index (κ1) is 17.9. The Bertz CT molecular complexity index is 291. The number of hydrogen-bond acceptors (Lipinski definition) is 3. The molecule has 0 aromatic carbocycles. The molecule has 1 aliphatic heterocycles. The lowest BCUT2D eigenvalue weighted by Crippen LogP contribution is -2.21. The first-order valence-electron chi connectivity index (χ1n) is 6.52. The molecule has 0 aromatic heterocycles. The minimum atomic E-state index is -0.938. The number of hydrogen-bond donors (Lipinski definition) is 0. The fraction of sp³-hybridized carbons (Fsp3) is 0.600. The molecule has 0 amide bonds. The van der Waals surface area contributed by atoms with Crippen molar-refractivity contribution in [1.82, 2.24) is 0 Å². The predicted octanol–water partition coefficient (Wildman–Crippen LogP) is -0.544. The lowest BCUT2D eigenvalue weighted by atomic mass is 10.4. The van der Waals surface area contributed by atoms with Crippen molar-refractivity contribution >= 4 is 39.1 Å². The van der Waals surface area contributed by atoms with E-state index in [1.165, 1.54) is 12.5 Å². The van der Waals surface area contributed by atoms with Gasteiger partial charge in [0.1, 0.15) is 20.2 Å². The Hall–Kier alpha value is -0.132. The van der Waals surface area contributed by atoms with Gasteiger partial charge >= 0.3 is 0 Å². The Morgan fingerprint density at radius 3 is 2.72 bits per heavy atom. The van der Waals surface area contributed by atoms with Crippen molar-refractivity contribution in [3.63, 3.8) is 0 Å². The first-order valence-corrected chi connectivity index (χ1v) is 13.0. The minimum Gasteiger partial charge on any atom is -0.468 e. The highest BCUT2D eigenvalue weighted by Crippen LogP contribution is 2.02. The lowest BCUT2D eigenvalue weighted by molar-refractivity contribution is -0.479. The summed E-state index contributed by atoms with van der Waals surface area (Å²) in [6.45, 7) is 6.94. The van der Waals surface area contributed by atoms with E-state index in [0.29, 0.717) is 6.54 Å². The van der Waals surface area contributed by atoms with Crippen LogP contribution in [0.3, 0.4) is 0 Å². The molecule has 8 heteroatoms. The zero-order chi connectivity index (χ0) is 13.8. The molecule has 0 spiro atoms. The molecule has 0 fully saturated rings. The fourth-order valence-electron chi connectivity index (χ4n) is 1.20. The van der Waals surface area contributed by atoms with Crippen molar-refractivity contribution in [2.75, 3.05) is 6.54 Å². The fourth-order valence-corrected chi connectivity index (χ4v) is 5.16. The second-order valence-corrected chi connectivity index (χ2v) is 12.2. The van der Waals surface area contributed by atoms with Crippen LogP contribution in [0.1, 0.15) is 13.3 Å². The lowest BCUT2D eigenvalue weighted by Gasteiger charge is -2.04. The van der Waals surface area contributed by atoms with E-state index in [4.69, 9.17) is 8.23 Å². The summed E-state index contributed by atoms with van der Waals surface area (Å²) in [5.74, 6) is 0. The summed E-state index contributed by atoms with van der Waals surface area (Å²) in [5, 5.41) is 0.874. The summed E-state index contributed by atoms with van der Waals surface area (Å²) in [7, 11) is -0.734. The maximum Gasteiger partial charge on any atom is 0.265 e. The molecule has 1 heterocycles. The molecule has 18 heavy (non-hydrogen) atoms. The van der Waals surface area contributed by atoms with Gasteiger partial charge in [0.2, 0.25) is 11.9 Å². The normalized spacial score (nSPS) is 15.8. The molecule has 1 aliphatic rings. The van der Waals surface area contributed by atoms with Crippen LogP contribution in [-0.2, 0) is 8.23 Å². The van der Waals surface area contributed by atoms with Crippen LogP contribution >= 0.6 is 0 Å². The standard InChI is InChI=1S/C7H14NO2Si2.C3H12OSi2/c1-12(2)10-11-7-5-3-4-6-8(7)9;1-2-3-6-4-5/h3-5,12H,6,11H2,1-2H3;2-3,6H2,1,5H3/q+1;. The summed E-state index contributed by atoms with van der Waals surface area (Å²) >= 11 is 0. The Balaban J connectivity index is 0.000000411. The van der Waals surface area contributed by atoms with Gasteiger partial charge in [0, 0.05) is 15.7 Å². The molecular weight excluding hydrogens is 294 g/mol. The summed E-state index contributed by atoms with van der Waals surface area (Å²) in [6, 6.07) is 1.36. The van der Waals surface area contributed by atoms with Gasteiger partial charge in [-0.05, 0) is 25.2 Å². The van der Waals surface area contributed by atoms with Crippen molar-refractivity contribution in [3.8, 4) is 0 Å². The van der Waals surface area contributed by atoms with Gasteiger partial charge in [-0.15, -0.1) is 0 Å². The first-order chi connectivity index (χ1) is 8.61. The third kappa shape index (κ3) is 9.85. The van der Waals surface area contributed by atoms with Gasteiger partial charge < -0.3 is 8.23 Å². The van der Waals surface area contributed by atoms with Crippen LogP contribution in [0.25, 0.3) is 0 Å². The maximum atomic E-state index is 11.2. The van der Waals surface area contributed by atoms with Crippen LogP contribution in [0.5, 0.6) is 0 Å². The Labute approximate surface area is 120 Å². The van der Waals surface area contributed by atoms with Crippen LogP contribution in [0.15, 0.2) is 23.5 Å². The third-order valence-corrected chi connectivity index (χ3v) is 9.13. The molecule has 0 saturated heterocycles. The largest absolute Gasteiger partial charge is 0.468 e. The average Bonchev–Trinajstić information content (AvgIpc) is 2.36. The van der Waals surface area contributed by atoms with E-state index in [0.717, 1.165) is 20.6 Å². The van der Waals surface area contributed by atoms with Crippen LogP contribution in [0.2, 0.25) is 19.1 Å². The average molecular weight is 321 g/mol. The van der Waals surface area contributed by atoms with Crippen LogP contribution in [-0.4, -0.2) is 50.4 Å². The number of nitroso groups, excluding NO2 is 1. The van der Waals surface area contributed by atoms with Gasteiger partial charge in [0.15, 0.2) is 9.04 Å². The monoisotopic (exact) mass is 320 g/mol. The SMILES string of the molecule is CCC[SiH2]O[SiH3].C[SiH](C)O[SiH2]C1=CC=CC[N+]1=O. The molecule has 0 aromatic rings. The van der Waals surface area contributed by atoms with Crippen LogP contribution in [0.4, 0.5) is 0 Å². The van der Waals surface area contributed by atoms with Gasteiger partial charge in [-0.1, -0.05) is 19.4 Å². The Morgan fingerprint density at radius 2 is 2.28 bits per heavy atom. The zero-order valence-electron chi connectivity index (χ0n) is 12.0.